The number of nitrogens with zero attached hydrogens (tertiary/aromatic N) is 2. The van der Waals surface area contributed by atoms with Crippen LogP contribution in [0.1, 0.15) is 18.9 Å². The highest BCUT2D eigenvalue weighted by molar-refractivity contribution is 5.48. The quantitative estimate of drug-likeness (QED) is 0.776. The second kappa shape index (κ2) is 5.95. The number of benzene rings is 1. The highest BCUT2D eigenvalue weighted by atomic mass is 16.5. The Morgan fingerprint density at radius 1 is 1.15 bits per heavy atom. The summed E-state index contributed by atoms with van der Waals surface area (Å²) in [5, 5.41) is 0. The Kier molecular flexibility index (Phi) is 3.86. The number of ether oxygens (including phenoxy) is 1. The highest BCUT2D eigenvalue weighted by Crippen LogP contribution is 2.22. The maximum atomic E-state index is 5.80. The molecule has 3 nitrogen and oxygen atoms in total. The maximum Gasteiger partial charge on any atom is 0.370 e. The van der Waals surface area contributed by atoms with Gasteiger partial charge in [-0.3, -0.25) is 0 Å². The van der Waals surface area contributed by atoms with E-state index in [4.69, 9.17) is 4.74 Å². The van der Waals surface area contributed by atoms with Gasteiger partial charge in [0.15, 0.2) is 12.7 Å². The summed E-state index contributed by atoms with van der Waals surface area (Å²) in [6, 6.07) is 14.8. The lowest BCUT2D eigenvalue weighted by molar-refractivity contribution is -0.693. The van der Waals surface area contributed by atoms with E-state index in [1.165, 1.54) is 17.7 Å². The molecule has 3 rings (SSSR count). The zero-order valence-electron chi connectivity index (χ0n) is 12.0. The van der Waals surface area contributed by atoms with Gasteiger partial charge >= 0.3 is 5.88 Å². The molecule has 0 bridgehead atoms. The molecular formula is C17H21N2O+. The summed E-state index contributed by atoms with van der Waals surface area (Å²) in [5.74, 6) is 0.945. The van der Waals surface area contributed by atoms with Crippen molar-refractivity contribution >= 4 is 5.69 Å². The summed E-state index contributed by atoms with van der Waals surface area (Å²) < 4.78 is 7.97. The number of hydrogen-bond donors (Lipinski definition) is 0. The number of aromatic nitrogens is 1. The van der Waals surface area contributed by atoms with Crippen LogP contribution in [0.25, 0.3) is 0 Å². The van der Waals surface area contributed by atoms with Crippen molar-refractivity contribution in [1.82, 2.24) is 0 Å². The molecule has 1 aromatic heterocycles. The van der Waals surface area contributed by atoms with Crippen molar-refractivity contribution in [3.8, 4) is 5.88 Å². The van der Waals surface area contributed by atoms with Crippen LogP contribution in [-0.2, 0) is 6.54 Å². The van der Waals surface area contributed by atoms with Crippen molar-refractivity contribution in [2.24, 2.45) is 0 Å². The van der Waals surface area contributed by atoms with E-state index in [0.717, 1.165) is 25.5 Å². The highest BCUT2D eigenvalue weighted by Gasteiger charge is 2.20. The lowest BCUT2D eigenvalue weighted by Crippen LogP contribution is -2.40. The molecule has 1 aromatic carbocycles. The molecule has 104 valence electrons. The van der Waals surface area contributed by atoms with Crippen molar-refractivity contribution in [3.05, 3.63) is 54.2 Å². The molecule has 1 aliphatic rings. The molecule has 0 saturated carbocycles. The van der Waals surface area contributed by atoms with Gasteiger partial charge in [-0.2, -0.15) is 4.57 Å². The van der Waals surface area contributed by atoms with Crippen LogP contribution in [-0.4, -0.2) is 19.7 Å². The first-order valence-electron chi connectivity index (χ1n) is 7.32. The van der Waals surface area contributed by atoms with Gasteiger partial charge in [-0.25, -0.2) is 0 Å². The molecular weight excluding hydrogens is 248 g/mol. The molecule has 0 unspecified atom stereocenters. The lowest BCUT2D eigenvalue weighted by Gasteiger charge is -2.32. The average molecular weight is 269 g/mol. The van der Waals surface area contributed by atoms with Crippen molar-refractivity contribution in [2.75, 3.05) is 24.6 Å². The molecule has 0 atom stereocenters. The Balaban J connectivity index is 1.85. The van der Waals surface area contributed by atoms with E-state index in [1.807, 2.05) is 13.0 Å². The van der Waals surface area contributed by atoms with Crippen molar-refractivity contribution in [1.29, 1.82) is 0 Å². The largest absolute Gasteiger partial charge is 0.445 e. The first-order valence-corrected chi connectivity index (χ1v) is 7.32. The standard InChI is InChI=1S/C17H21N2O/c1-2-20-17-13-16(18-10-6-11-18)9-12-19(17)14-15-7-4-3-5-8-15/h3-5,7-9,12-13H,2,6,10-11,14H2,1H3/q+1. The molecule has 1 saturated heterocycles. The van der Waals surface area contributed by atoms with E-state index >= 15 is 0 Å². The van der Waals surface area contributed by atoms with Crippen LogP contribution in [0.4, 0.5) is 5.69 Å². The molecule has 3 heteroatoms. The topological polar surface area (TPSA) is 16.4 Å². The normalized spacial score (nSPS) is 13.9. The van der Waals surface area contributed by atoms with Gasteiger partial charge in [0.05, 0.1) is 18.4 Å². The van der Waals surface area contributed by atoms with Crippen LogP contribution in [0.15, 0.2) is 48.7 Å². The predicted octanol–water partition coefficient (Wildman–Crippen LogP) is 2.63. The first kappa shape index (κ1) is 13.0. The summed E-state index contributed by atoms with van der Waals surface area (Å²) in [6.07, 6.45) is 3.43. The molecule has 1 aliphatic heterocycles. The van der Waals surface area contributed by atoms with Crippen molar-refractivity contribution in [3.63, 3.8) is 0 Å². The molecule has 1 fully saturated rings. The van der Waals surface area contributed by atoms with E-state index in [-0.39, 0.29) is 0 Å². The Labute approximate surface area is 120 Å². The van der Waals surface area contributed by atoms with Gasteiger partial charge in [0.2, 0.25) is 0 Å². The SMILES string of the molecule is CCOc1cc(N2CCC2)cc[n+]1Cc1ccccc1. The average Bonchev–Trinajstić information content (AvgIpc) is 2.41. The zero-order chi connectivity index (χ0) is 13.8. The summed E-state index contributed by atoms with van der Waals surface area (Å²) in [6.45, 7) is 5.89. The smallest absolute Gasteiger partial charge is 0.370 e. The molecule has 2 aromatic rings. The minimum absolute atomic E-state index is 0.693. The van der Waals surface area contributed by atoms with Gasteiger partial charge in [-0.15, -0.1) is 0 Å². The van der Waals surface area contributed by atoms with Crippen LogP contribution in [0.2, 0.25) is 0 Å². The summed E-state index contributed by atoms with van der Waals surface area (Å²) >= 11 is 0. The Morgan fingerprint density at radius 2 is 1.95 bits per heavy atom. The fourth-order valence-electron chi connectivity index (χ4n) is 2.45. The molecule has 0 radical (unpaired) electrons. The van der Waals surface area contributed by atoms with Crippen molar-refractivity contribution in [2.45, 2.75) is 19.9 Å². The molecule has 2 heterocycles. The fraction of sp³-hybridized carbons (Fsp3) is 0.353. The van der Waals surface area contributed by atoms with Crippen LogP contribution in [0, 0.1) is 0 Å². The number of pyridine rings is 1. The zero-order valence-corrected chi connectivity index (χ0v) is 12.0. The second-order valence-corrected chi connectivity index (χ2v) is 5.11. The van der Waals surface area contributed by atoms with Crippen LogP contribution >= 0.6 is 0 Å². The van der Waals surface area contributed by atoms with Gasteiger partial charge in [-0.1, -0.05) is 30.3 Å². The number of hydrogen-bond acceptors (Lipinski definition) is 2. The molecule has 0 spiro atoms. The van der Waals surface area contributed by atoms with Gasteiger partial charge in [0.25, 0.3) is 0 Å². The van der Waals surface area contributed by atoms with E-state index in [0.29, 0.717) is 6.61 Å². The van der Waals surface area contributed by atoms with E-state index in [2.05, 4.69) is 52.1 Å². The van der Waals surface area contributed by atoms with Crippen LogP contribution < -0.4 is 14.2 Å². The summed E-state index contributed by atoms with van der Waals surface area (Å²) in [5.41, 5.74) is 2.55. The second-order valence-electron chi connectivity index (χ2n) is 5.11. The summed E-state index contributed by atoms with van der Waals surface area (Å²) in [7, 11) is 0. The van der Waals surface area contributed by atoms with E-state index in [9.17, 15) is 0 Å². The molecule has 0 N–H and O–H groups in total. The Hall–Kier alpha value is -2.03. The van der Waals surface area contributed by atoms with Gasteiger partial charge < -0.3 is 9.64 Å². The first-order chi connectivity index (χ1) is 9.86. The maximum absolute atomic E-state index is 5.80. The van der Waals surface area contributed by atoms with Crippen molar-refractivity contribution < 1.29 is 9.30 Å². The number of rotatable bonds is 5. The van der Waals surface area contributed by atoms with E-state index < -0.39 is 0 Å². The number of anilines is 1. The van der Waals surface area contributed by atoms with Gasteiger partial charge in [0.1, 0.15) is 0 Å². The van der Waals surface area contributed by atoms with Crippen LogP contribution in [0.3, 0.4) is 0 Å². The lowest BCUT2D eigenvalue weighted by atomic mass is 10.2. The monoisotopic (exact) mass is 269 g/mol. The third-order valence-electron chi connectivity index (χ3n) is 3.69. The molecule has 20 heavy (non-hydrogen) atoms. The van der Waals surface area contributed by atoms with Gasteiger partial charge in [-0.05, 0) is 13.3 Å². The van der Waals surface area contributed by atoms with Gasteiger partial charge in [0, 0.05) is 24.7 Å². The van der Waals surface area contributed by atoms with Crippen LogP contribution in [0.5, 0.6) is 5.88 Å². The Morgan fingerprint density at radius 3 is 2.60 bits per heavy atom. The third-order valence-corrected chi connectivity index (χ3v) is 3.69. The fourth-order valence-corrected chi connectivity index (χ4v) is 2.45. The van der Waals surface area contributed by atoms with E-state index in [1.54, 1.807) is 0 Å². The molecule has 0 amide bonds. The minimum Gasteiger partial charge on any atom is -0.445 e. The predicted molar refractivity (Wildman–Crippen MR) is 80.2 cm³/mol. The molecule has 0 aliphatic carbocycles. The minimum atomic E-state index is 0.693. The summed E-state index contributed by atoms with van der Waals surface area (Å²) in [4.78, 5) is 2.38. The Bertz CT molecular complexity index is 564. The third kappa shape index (κ3) is 2.77.